The lowest BCUT2D eigenvalue weighted by molar-refractivity contribution is -0.161. The third-order valence-corrected chi connectivity index (χ3v) is 21.0. The number of carbonyl (C=O) groups is 4. The van der Waals surface area contributed by atoms with Gasteiger partial charge in [0.1, 0.15) is 19.3 Å². The average molecular weight is 1450 g/mol. The van der Waals surface area contributed by atoms with Crippen LogP contribution in [-0.4, -0.2) is 96.7 Å². The van der Waals surface area contributed by atoms with Crippen molar-refractivity contribution in [2.75, 3.05) is 39.6 Å². The van der Waals surface area contributed by atoms with Crippen molar-refractivity contribution >= 4 is 39.5 Å². The molecule has 6 atom stereocenters. The van der Waals surface area contributed by atoms with Crippen LogP contribution in [0.4, 0.5) is 0 Å². The Hall–Kier alpha value is -1.94. The van der Waals surface area contributed by atoms with Crippen LogP contribution in [0.15, 0.2) is 0 Å². The van der Waals surface area contributed by atoms with E-state index in [9.17, 15) is 43.2 Å². The fourth-order valence-electron chi connectivity index (χ4n) is 12.4. The molecule has 0 aliphatic heterocycles. The summed E-state index contributed by atoms with van der Waals surface area (Å²) in [6.07, 6.45) is 63.7. The van der Waals surface area contributed by atoms with Crippen molar-refractivity contribution < 1.29 is 80.2 Å². The number of aliphatic hydroxyl groups excluding tert-OH is 1. The predicted octanol–water partition coefficient (Wildman–Crippen LogP) is 24.0. The van der Waals surface area contributed by atoms with Gasteiger partial charge in [-0.2, -0.15) is 0 Å². The van der Waals surface area contributed by atoms with Crippen molar-refractivity contribution in [1.82, 2.24) is 0 Å². The van der Waals surface area contributed by atoms with Crippen LogP contribution in [0.25, 0.3) is 0 Å². The van der Waals surface area contributed by atoms with Gasteiger partial charge < -0.3 is 33.8 Å². The highest BCUT2D eigenvalue weighted by molar-refractivity contribution is 7.47. The summed E-state index contributed by atoms with van der Waals surface area (Å²) in [6.45, 7) is 7.39. The minimum Gasteiger partial charge on any atom is -0.462 e. The molecule has 99 heavy (non-hydrogen) atoms. The molecule has 3 N–H and O–H groups in total. The van der Waals surface area contributed by atoms with E-state index in [1.54, 1.807) is 0 Å². The molecule has 0 amide bonds. The lowest BCUT2D eigenvalue weighted by Crippen LogP contribution is -2.30. The molecule has 3 unspecified atom stereocenters. The van der Waals surface area contributed by atoms with E-state index < -0.39 is 97.5 Å². The molecule has 0 saturated carbocycles. The van der Waals surface area contributed by atoms with E-state index in [1.165, 1.54) is 250 Å². The van der Waals surface area contributed by atoms with Gasteiger partial charge in [-0.3, -0.25) is 37.3 Å². The number of rotatable bonds is 80. The molecule has 0 spiro atoms. The normalized spacial score (nSPS) is 14.1. The van der Waals surface area contributed by atoms with Gasteiger partial charge in [0, 0.05) is 25.7 Å². The van der Waals surface area contributed by atoms with Gasteiger partial charge in [0.2, 0.25) is 0 Å². The Balaban J connectivity index is 5.20. The number of phosphoric ester groups is 2. The van der Waals surface area contributed by atoms with Crippen molar-refractivity contribution in [1.29, 1.82) is 0 Å². The summed E-state index contributed by atoms with van der Waals surface area (Å²) >= 11 is 0. The maximum Gasteiger partial charge on any atom is 0.472 e. The third-order valence-electron chi connectivity index (χ3n) is 19.1. The zero-order valence-corrected chi connectivity index (χ0v) is 66.4. The topological polar surface area (TPSA) is 237 Å². The first-order valence-electron chi connectivity index (χ1n) is 41.7. The van der Waals surface area contributed by atoms with E-state index in [0.717, 1.165) is 95.8 Å². The standard InChI is InChI=1S/C80H156O17P2/c1-6-10-13-16-19-22-25-27-35-40-44-49-54-59-64-78(83)91-70-76(97-80(85)66-61-56-51-46-41-36-33-31-29-28-30-32-34-38-42-47-52-57-62-73(5)9-4)72-95-99(88,89)93-68-74(81)67-92-98(86,87)94-71-75(69-90-77(82)63-58-53-48-43-37-24-21-18-15-12-8-3)96-79(84)65-60-55-50-45-39-26-23-20-17-14-11-7-2/h73-76,81H,6-72H2,1-5H3,(H,86,87)(H,88,89)/t73?,74-,75+,76+/m0/s1. The number of aliphatic hydroxyl groups is 1. The molecule has 0 bridgehead atoms. The Bertz CT molecular complexity index is 1890. The zero-order chi connectivity index (χ0) is 72.7. The van der Waals surface area contributed by atoms with Crippen LogP contribution in [-0.2, 0) is 65.4 Å². The summed E-state index contributed by atoms with van der Waals surface area (Å²) in [4.78, 5) is 72.9. The fraction of sp³-hybridized carbons (Fsp3) is 0.950. The Labute approximate surface area is 607 Å². The molecule has 0 saturated heterocycles. The van der Waals surface area contributed by atoms with Crippen LogP contribution >= 0.6 is 15.6 Å². The number of ether oxygens (including phenoxy) is 4. The first-order chi connectivity index (χ1) is 48.1. The number of unbranched alkanes of at least 4 members (excludes halogenated alkanes) is 51. The van der Waals surface area contributed by atoms with E-state index in [1.807, 2.05) is 0 Å². The molecule has 588 valence electrons. The minimum atomic E-state index is -4.96. The molecule has 0 heterocycles. The van der Waals surface area contributed by atoms with E-state index in [2.05, 4.69) is 34.6 Å². The highest BCUT2D eigenvalue weighted by Crippen LogP contribution is 2.45. The molecule has 0 aromatic rings. The first-order valence-corrected chi connectivity index (χ1v) is 44.7. The van der Waals surface area contributed by atoms with Gasteiger partial charge in [-0.25, -0.2) is 9.13 Å². The lowest BCUT2D eigenvalue weighted by Gasteiger charge is -2.21. The van der Waals surface area contributed by atoms with Crippen molar-refractivity contribution in [2.45, 2.75) is 445 Å². The molecule has 17 nitrogen and oxygen atoms in total. The summed E-state index contributed by atoms with van der Waals surface area (Å²) in [7, 11) is -9.91. The number of hydrogen-bond donors (Lipinski definition) is 3. The second-order valence-corrected chi connectivity index (χ2v) is 32.0. The Morgan fingerprint density at radius 3 is 0.717 bits per heavy atom. The molecule has 0 aliphatic carbocycles. The van der Waals surface area contributed by atoms with Crippen LogP contribution < -0.4 is 0 Å². The smallest absolute Gasteiger partial charge is 0.462 e. The van der Waals surface area contributed by atoms with Gasteiger partial charge >= 0.3 is 39.5 Å². The maximum atomic E-state index is 13.1. The summed E-state index contributed by atoms with van der Waals surface area (Å²) in [6, 6.07) is 0. The lowest BCUT2D eigenvalue weighted by atomic mass is 9.99. The fourth-order valence-corrected chi connectivity index (χ4v) is 14.0. The molecule has 0 aromatic carbocycles. The molecule has 0 rings (SSSR count). The van der Waals surface area contributed by atoms with Gasteiger partial charge in [-0.15, -0.1) is 0 Å². The molecule has 0 aliphatic rings. The second-order valence-electron chi connectivity index (χ2n) is 29.1. The van der Waals surface area contributed by atoms with Crippen LogP contribution in [0.1, 0.15) is 426 Å². The van der Waals surface area contributed by atoms with E-state index in [0.29, 0.717) is 25.7 Å². The Morgan fingerprint density at radius 2 is 0.485 bits per heavy atom. The Kier molecular flexibility index (Phi) is 71.6. The van der Waals surface area contributed by atoms with Crippen molar-refractivity contribution in [3.63, 3.8) is 0 Å². The van der Waals surface area contributed by atoms with Crippen LogP contribution in [0.5, 0.6) is 0 Å². The van der Waals surface area contributed by atoms with E-state index in [-0.39, 0.29) is 25.7 Å². The third kappa shape index (κ3) is 72.8. The Morgan fingerprint density at radius 1 is 0.283 bits per heavy atom. The van der Waals surface area contributed by atoms with E-state index in [4.69, 9.17) is 37.0 Å². The molecule has 19 heteroatoms. The van der Waals surface area contributed by atoms with Gasteiger partial charge in [0.05, 0.1) is 26.4 Å². The van der Waals surface area contributed by atoms with Gasteiger partial charge in [0.15, 0.2) is 12.2 Å². The van der Waals surface area contributed by atoms with Crippen LogP contribution in [0.2, 0.25) is 0 Å². The predicted molar refractivity (Wildman–Crippen MR) is 405 cm³/mol. The van der Waals surface area contributed by atoms with Crippen molar-refractivity contribution in [3.8, 4) is 0 Å². The highest BCUT2D eigenvalue weighted by atomic mass is 31.2. The first kappa shape index (κ1) is 97.1. The van der Waals surface area contributed by atoms with E-state index >= 15 is 0 Å². The SMILES string of the molecule is CCCCCCCCCCCCCCCCC(=O)OC[C@H](COP(=O)(O)OC[C@@H](O)COP(=O)(O)OC[C@@H](COC(=O)CCCCCCCCCCCCC)OC(=O)CCCCCCCCCCCCCC)OC(=O)CCCCCCCCCCCCCCCCCCCCC(C)CC. The van der Waals surface area contributed by atoms with Gasteiger partial charge in [0.25, 0.3) is 0 Å². The summed E-state index contributed by atoms with van der Waals surface area (Å²) in [5, 5.41) is 10.6. The number of esters is 4. The highest BCUT2D eigenvalue weighted by Gasteiger charge is 2.30. The molecule has 0 radical (unpaired) electrons. The molecule has 0 aromatic heterocycles. The number of hydrogen-bond acceptors (Lipinski definition) is 15. The van der Waals surface area contributed by atoms with Gasteiger partial charge in [-0.05, 0) is 31.6 Å². The summed E-state index contributed by atoms with van der Waals surface area (Å²) in [5.74, 6) is -1.23. The van der Waals surface area contributed by atoms with Crippen LogP contribution in [0, 0.1) is 5.92 Å². The second kappa shape index (κ2) is 73.0. The quantitative estimate of drug-likeness (QED) is 0.0222. The molecular formula is C80H156O17P2. The minimum absolute atomic E-state index is 0.108. The average Bonchev–Trinajstić information content (AvgIpc) is 2.57. The molecular weight excluding hydrogens is 1290 g/mol. The molecule has 0 fully saturated rings. The zero-order valence-electron chi connectivity index (χ0n) is 64.6. The van der Waals surface area contributed by atoms with Crippen LogP contribution in [0.3, 0.4) is 0 Å². The summed E-state index contributed by atoms with van der Waals surface area (Å²) < 4.78 is 68.6. The maximum absolute atomic E-state index is 13.1. The van der Waals surface area contributed by atoms with Crippen molar-refractivity contribution in [3.05, 3.63) is 0 Å². The monoisotopic (exact) mass is 1450 g/mol. The largest absolute Gasteiger partial charge is 0.472 e. The van der Waals surface area contributed by atoms with Gasteiger partial charge in [-0.1, -0.05) is 375 Å². The number of phosphoric acid groups is 2. The summed E-state index contributed by atoms with van der Waals surface area (Å²) in [5.41, 5.74) is 0. The number of carbonyl (C=O) groups excluding carboxylic acids is 4. The van der Waals surface area contributed by atoms with Crippen molar-refractivity contribution in [2.24, 2.45) is 5.92 Å².